The molecule has 1 N–H and O–H groups in total. The fraction of sp³-hybridized carbons (Fsp3) is 0.538. The Morgan fingerprint density at radius 2 is 2.19 bits per heavy atom. The van der Waals surface area contributed by atoms with Crippen molar-refractivity contribution in [1.82, 2.24) is 0 Å². The van der Waals surface area contributed by atoms with E-state index in [2.05, 4.69) is 19.2 Å². The van der Waals surface area contributed by atoms with Gasteiger partial charge < -0.3 is 10.1 Å². The smallest absolute Gasteiger partial charge is 0.142 e. The summed E-state index contributed by atoms with van der Waals surface area (Å²) in [6.45, 7) is 5.59. The van der Waals surface area contributed by atoms with Gasteiger partial charge in [-0.2, -0.15) is 0 Å². The molecule has 0 heterocycles. The van der Waals surface area contributed by atoms with E-state index in [9.17, 15) is 0 Å². The van der Waals surface area contributed by atoms with Crippen LogP contribution in [-0.4, -0.2) is 13.7 Å². The highest BCUT2D eigenvalue weighted by molar-refractivity contribution is 6.30. The van der Waals surface area contributed by atoms with Crippen molar-refractivity contribution in [1.29, 1.82) is 0 Å². The second-order valence-corrected chi connectivity index (χ2v) is 5.55. The molecule has 3 heteroatoms. The summed E-state index contributed by atoms with van der Waals surface area (Å²) in [5, 5.41) is 4.15. The molecule has 88 valence electrons. The van der Waals surface area contributed by atoms with Crippen molar-refractivity contribution in [2.24, 2.45) is 11.3 Å². The Balaban J connectivity index is 2.00. The van der Waals surface area contributed by atoms with Crippen LogP contribution in [0.4, 0.5) is 5.69 Å². The summed E-state index contributed by atoms with van der Waals surface area (Å²) in [6.07, 6.45) is 1.29. The lowest BCUT2D eigenvalue weighted by Crippen LogP contribution is -2.08. The van der Waals surface area contributed by atoms with Gasteiger partial charge in [-0.15, -0.1) is 0 Å². The molecule has 1 fully saturated rings. The Hall–Kier alpha value is -0.890. The van der Waals surface area contributed by atoms with Gasteiger partial charge in [-0.1, -0.05) is 25.4 Å². The van der Waals surface area contributed by atoms with Crippen LogP contribution in [0, 0.1) is 11.3 Å². The summed E-state index contributed by atoms with van der Waals surface area (Å²) >= 11 is 5.97. The molecule has 1 saturated carbocycles. The largest absolute Gasteiger partial charge is 0.495 e. The monoisotopic (exact) mass is 239 g/mol. The zero-order chi connectivity index (χ0) is 11.8. The van der Waals surface area contributed by atoms with E-state index in [-0.39, 0.29) is 0 Å². The van der Waals surface area contributed by atoms with Gasteiger partial charge in [0.2, 0.25) is 0 Å². The second kappa shape index (κ2) is 4.17. The molecule has 0 spiro atoms. The van der Waals surface area contributed by atoms with Crippen LogP contribution in [0.25, 0.3) is 0 Å². The third-order valence-electron chi connectivity index (χ3n) is 3.42. The zero-order valence-electron chi connectivity index (χ0n) is 10.0. The summed E-state index contributed by atoms with van der Waals surface area (Å²) in [7, 11) is 1.68. The highest BCUT2D eigenvalue weighted by Crippen LogP contribution is 2.51. The first-order valence-corrected chi connectivity index (χ1v) is 5.98. The number of nitrogens with one attached hydrogen (secondary N) is 1. The molecule has 2 rings (SSSR count). The standard InChI is InChI=1S/C13H18ClNO/c1-13(2)7-9(13)8-15-11-6-10(14)4-5-12(11)16-3/h4-6,9,15H,7-8H2,1-3H3/t9-/m1/s1. The number of benzene rings is 1. The minimum Gasteiger partial charge on any atom is -0.495 e. The number of rotatable bonds is 4. The molecular weight excluding hydrogens is 222 g/mol. The minimum absolute atomic E-state index is 0.499. The maximum atomic E-state index is 5.97. The molecule has 2 nitrogen and oxygen atoms in total. The molecule has 16 heavy (non-hydrogen) atoms. The molecule has 1 aliphatic rings. The lowest BCUT2D eigenvalue weighted by molar-refractivity contribution is 0.416. The van der Waals surface area contributed by atoms with Crippen LogP contribution in [0.15, 0.2) is 18.2 Å². The summed E-state index contributed by atoms with van der Waals surface area (Å²) in [6, 6.07) is 5.64. The van der Waals surface area contributed by atoms with Gasteiger partial charge in [0.25, 0.3) is 0 Å². The highest BCUT2D eigenvalue weighted by atomic mass is 35.5. The van der Waals surface area contributed by atoms with Crippen molar-refractivity contribution in [2.75, 3.05) is 19.0 Å². The third-order valence-corrected chi connectivity index (χ3v) is 3.65. The number of ether oxygens (including phenoxy) is 1. The van der Waals surface area contributed by atoms with Crippen LogP contribution in [0.5, 0.6) is 5.75 Å². The van der Waals surface area contributed by atoms with Crippen LogP contribution >= 0.6 is 11.6 Å². The molecule has 1 aromatic rings. The van der Waals surface area contributed by atoms with Gasteiger partial charge in [-0.05, 0) is 36.0 Å². The van der Waals surface area contributed by atoms with Crippen LogP contribution < -0.4 is 10.1 Å². The van der Waals surface area contributed by atoms with Crippen molar-refractivity contribution < 1.29 is 4.74 Å². The molecular formula is C13H18ClNO. The van der Waals surface area contributed by atoms with Crippen molar-refractivity contribution >= 4 is 17.3 Å². The maximum absolute atomic E-state index is 5.97. The van der Waals surface area contributed by atoms with Crippen LogP contribution in [-0.2, 0) is 0 Å². The van der Waals surface area contributed by atoms with Crippen molar-refractivity contribution in [3.63, 3.8) is 0 Å². The van der Waals surface area contributed by atoms with Gasteiger partial charge in [0.15, 0.2) is 0 Å². The quantitative estimate of drug-likeness (QED) is 0.863. The lowest BCUT2D eigenvalue weighted by Gasteiger charge is -2.12. The molecule has 1 aliphatic carbocycles. The van der Waals surface area contributed by atoms with E-state index in [1.807, 2.05) is 18.2 Å². The molecule has 0 aromatic heterocycles. The maximum Gasteiger partial charge on any atom is 0.142 e. The zero-order valence-corrected chi connectivity index (χ0v) is 10.8. The SMILES string of the molecule is COc1ccc(Cl)cc1NC[C@H]1CC1(C)C. The first kappa shape index (κ1) is 11.6. The van der Waals surface area contributed by atoms with E-state index < -0.39 is 0 Å². The minimum atomic E-state index is 0.499. The average Bonchev–Trinajstić information content (AvgIpc) is 2.84. The van der Waals surface area contributed by atoms with E-state index in [0.717, 1.165) is 28.9 Å². The van der Waals surface area contributed by atoms with Crippen molar-refractivity contribution in [3.8, 4) is 5.75 Å². The normalized spacial score (nSPS) is 21.6. The van der Waals surface area contributed by atoms with E-state index in [0.29, 0.717) is 5.41 Å². The van der Waals surface area contributed by atoms with Crippen LogP contribution in [0.3, 0.4) is 0 Å². The van der Waals surface area contributed by atoms with Gasteiger partial charge in [0.1, 0.15) is 5.75 Å². The summed E-state index contributed by atoms with van der Waals surface area (Å²) < 4.78 is 5.28. The second-order valence-electron chi connectivity index (χ2n) is 5.12. The number of hydrogen-bond donors (Lipinski definition) is 1. The molecule has 1 atom stereocenters. The van der Waals surface area contributed by atoms with E-state index in [4.69, 9.17) is 16.3 Å². The summed E-state index contributed by atoms with van der Waals surface area (Å²) in [4.78, 5) is 0. The van der Waals surface area contributed by atoms with Crippen LogP contribution in [0.1, 0.15) is 20.3 Å². The Bertz CT molecular complexity index is 390. The fourth-order valence-corrected chi connectivity index (χ4v) is 2.15. The molecule has 0 aliphatic heterocycles. The van der Waals surface area contributed by atoms with Gasteiger partial charge in [-0.25, -0.2) is 0 Å². The lowest BCUT2D eigenvalue weighted by atomic mass is 10.1. The van der Waals surface area contributed by atoms with E-state index >= 15 is 0 Å². The molecule has 0 saturated heterocycles. The number of anilines is 1. The third kappa shape index (κ3) is 2.43. The number of hydrogen-bond acceptors (Lipinski definition) is 2. The van der Waals surface area contributed by atoms with Gasteiger partial charge in [0, 0.05) is 11.6 Å². The Morgan fingerprint density at radius 3 is 2.75 bits per heavy atom. The van der Waals surface area contributed by atoms with Crippen molar-refractivity contribution in [3.05, 3.63) is 23.2 Å². The molecule has 1 aromatic carbocycles. The Labute approximate surface area is 102 Å². The van der Waals surface area contributed by atoms with E-state index in [1.54, 1.807) is 7.11 Å². The van der Waals surface area contributed by atoms with Crippen LogP contribution in [0.2, 0.25) is 5.02 Å². The molecule has 0 bridgehead atoms. The molecule has 0 unspecified atom stereocenters. The molecule has 0 radical (unpaired) electrons. The first-order valence-electron chi connectivity index (χ1n) is 5.60. The van der Waals surface area contributed by atoms with Gasteiger partial charge in [0.05, 0.1) is 12.8 Å². The number of methoxy groups -OCH3 is 1. The average molecular weight is 240 g/mol. The first-order chi connectivity index (χ1) is 7.53. The summed E-state index contributed by atoms with van der Waals surface area (Å²) in [5.41, 5.74) is 1.48. The highest BCUT2D eigenvalue weighted by Gasteiger charge is 2.44. The van der Waals surface area contributed by atoms with Gasteiger partial charge >= 0.3 is 0 Å². The fourth-order valence-electron chi connectivity index (χ4n) is 1.98. The Kier molecular flexibility index (Phi) is 3.02. The molecule has 0 amide bonds. The predicted octanol–water partition coefficient (Wildman–Crippen LogP) is 3.81. The van der Waals surface area contributed by atoms with E-state index in [1.165, 1.54) is 6.42 Å². The Morgan fingerprint density at radius 1 is 1.50 bits per heavy atom. The number of halogens is 1. The predicted molar refractivity (Wildman–Crippen MR) is 68.4 cm³/mol. The summed E-state index contributed by atoms with van der Waals surface area (Å²) in [5.74, 6) is 1.61. The van der Waals surface area contributed by atoms with Crippen molar-refractivity contribution in [2.45, 2.75) is 20.3 Å². The topological polar surface area (TPSA) is 21.3 Å². The van der Waals surface area contributed by atoms with Gasteiger partial charge in [-0.3, -0.25) is 0 Å².